The second kappa shape index (κ2) is 12.7. The Balaban J connectivity index is -0.00000180. The number of carbonyl (C=O) groups excluding carboxylic acids is 2. The topological polar surface area (TPSA) is 58.2 Å². The maximum atomic E-state index is 11.3. The number of rotatable bonds is 11. The molecule has 2 N–H and O–H groups in total. The zero-order valence-electron chi connectivity index (χ0n) is 13.2. The highest BCUT2D eigenvalue weighted by Crippen LogP contribution is 1.99. The van der Waals surface area contributed by atoms with E-state index in [4.69, 9.17) is 0 Å². The summed E-state index contributed by atoms with van der Waals surface area (Å²) in [6, 6.07) is 0. The summed E-state index contributed by atoms with van der Waals surface area (Å²) in [6.45, 7) is 7.36. The predicted molar refractivity (Wildman–Crippen MR) is 87.6 cm³/mol. The molecule has 2 amide bonds. The first-order chi connectivity index (χ1) is 9.57. The van der Waals surface area contributed by atoms with E-state index in [1.165, 1.54) is 0 Å². The Labute approximate surface area is 126 Å². The molecule has 0 aromatic heterocycles. The highest BCUT2D eigenvalue weighted by molar-refractivity contribution is 5.87. The predicted octanol–water partition coefficient (Wildman–Crippen LogP) is 3.28. The van der Waals surface area contributed by atoms with Gasteiger partial charge < -0.3 is 10.6 Å². The Bertz CT molecular complexity index is 309. The van der Waals surface area contributed by atoms with E-state index < -0.39 is 0 Å². The molecule has 0 saturated carbocycles. The molecule has 4 nitrogen and oxygen atoms in total. The molecule has 0 fully saturated rings. The number of amides is 2. The maximum absolute atomic E-state index is 11.3. The minimum atomic E-state index is 0. The van der Waals surface area contributed by atoms with Crippen LogP contribution in [-0.4, -0.2) is 24.9 Å². The van der Waals surface area contributed by atoms with Crippen molar-refractivity contribution < 1.29 is 12.4 Å². The second-order valence-electron chi connectivity index (χ2n) is 5.34. The number of nitrogens with one attached hydrogen (secondary N) is 2. The Hall–Kier alpha value is -1.32. The molecule has 0 aromatic rings. The Kier molecular flexibility index (Phi) is 11.9. The van der Waals surface area contributed by atoms with Gasteiger partial charge in [-0.15, -0.1) is 0 Å². The zero-order chi connectivity index (χ0) is 15.2. The van der Waals surface area contributed by atoms with Crippen LogP contribution in [0.3, 0.4) is 0 Å². The lowest BCUT2D eigenvalue weighted by Gasteiger charge is -2.07. The molecule has 0 aliphatic carbocycles. The molecule has 0 aliphatic heterocycles. The lowest BCUT2D eigenvalue weighted by molar-refractivity contribution is -0.124. The van der Waals surface area contributed by atoms with Crippen molar-refractivity contribution in [1.82, 2.24) is 10.6 Å². The van der Waals surface area contributed by atoms with E-state index in [0.29, 0.717) is 0 Å². The van der Waals surface area contributed by atoms with E-state index in [0.717, 1.165) is 51.6 Å². The molecular weight excluding hydrogens is 252 g/mol. The van der Waals surface area contributed by atoms with Crippen LogP contribution in [0.4, 0.5) is 0 Å². The summed E-state index contributed by atoms with van der Waals surface area (Å²) in [5, 5.41) is 5.77. The molecule has 120 valence electrons. The second-order valence-corrected chi connectivity index (χ2v) is 5.34. The summed E-state index contributed by atoms with van der Waals surface area (Å²) in [4.78, 5) is 22.6. The Morgan fingerprint density at radius 2 is 1.65 bits per heavy atom. The average Bonchev–Trinajstić information content (AvgIpc) is 2.41. The van der Waals surface area contributed by atoms with Crippen molar-refractivity contribution in [3.63, 3.8) is 0 Å². The number of allylic oxidation sites excluding steroid dienone is 1. The third kappa shape index (κ3) is 11.8. The summed E-state index contributed by atoms with van der Waals surface area (Å²) in [5.41, 5.74) is 0. The van der Waals surface area contributed by atoms with Crippen LogP contribution in [0.15, 0.2) is 12.2 Å². The molecule has 0 radical (unpaired) electrons. The van der Waals surface area contributed by atoms with Crippen molar-refractivity contribution in [2.45, 2.75) is 59.3 Å². The van der Waals surface area contributed by atoms with Crippen LogP contribution in [0.25, 0.3) is 0 Å². The minimum Gasteiger partial charge on any atom is -0.356 e. The Morgan fingerprint density at radius 1 is 1.05 bits per heavy atom. The van der Waals surface area contributed by atoms with Crippen molar-refractivity contribution in [3.8, 4) is 0 Å². The standard InChI is InChI=1S/C16H30N2O2.2H2/c1-4-5-8-11-15(19)17-12-9-6-7-10-13-18-16(20)14(2)3;;/h8,11,14H,4-7,9-10,12-13H2,1-3H3,(H,17,19)(H,18,20);2*1H/b11-8+;;. The molecule has 0 rings (SSSR count). The molecule has 20 heavy (non-hydrogen) atoms. The third-order valence-electron chi connectivity index (χ3n) is 2.95. The summed E-state index contributed by atoms with van der Waals surface area (Å²) in [5.74, 6) is 0.185. The largest absolute Gasteiger partial charge is 0.356 e. The smallest absolute Gasteiger partial charge is 0.243 e. The minimum absolute atomic E-state index is 0. The van der Waals surface area contributed by atoms with E-state index in [1.807, 2.05) is 19.9 Å². The fourth-order valence-corrected chi connectivity index (χ4v) is 1.65. The van der Waals surface area contributed by atoms with Gasteiger partial charge in [0.15, 0.2) is 0 Å². The molecule has 0 heterocycles. The first-order valence-corrected chi connectivity index (χ1v) is 7.80. The summed E-state index contributed by atoms with van der Waals surface area (Å²) >= 11 is 0. The van der Waals surface area contributed by atoms with Gasteiger partial charge in [0.25, 0.3) is 0 Å². The van der Waals surface area contributed by atoms with Gasteiger partial charge in [0.2, 0.25) is 11.8 Å². The summed E-state index contributed by atoms with van der Waals surface area (Å²) < 4.78 is 0. The van der Waals surface area contributed by atoms with E-state index in [1.54, 1.807) is 6.08 Å². The molecule has 4 heteroatoms. The van der Waals surface area contributed by atoms with Crippen LogP contribution in [0.2, 0.25) is 0 Å². The molecule has 0 aliphatic rings. The van der Waals surface area contributed by atoms with Crippen LogP contribution in [0.5, 0.6) is 0 Å². The lowest BCUT2D eigenvalue weighted by Crippen LogP contribution is -2.28. The molecule has 0 atom stereocenters. The van der Waals surface area contributed by atoms with Gasteiger partial charge in [0.05, 0.1) is 0 Å². The van der Waals surface area contributed by atoms with Gasteiger partial charge in [0.1, 0.15) is 0 Å². The molecule has 0 aromatic carbocycles. The van der Waals surface area contributed by atoms with E-state index >= 15 is 0 Å². The van der Waals surface area contributed by atoms with Gasteiger partial charge in [-0.1, -0.05) is 46.1 Å². The van der Waals surface area contributed by atoms with E-state index in [-0.39, 0.29) is 20.6 Å². The number of carbonyl (C=O) groups is 2. The van der Waals surface area contributed by atoms with Gasteiger partial charge in [-0.25, -0.2) is 0 Å². The van der Waals surface area contributed by atoms with Gasteiger partial charge in [-0.2, -0.15) is 0 Å². The fourth-order valence-electron chi connectivity index (χ4n) is 1.65. The first-order valence-electron chi connectivity index (χ1n) is 7.80. The molecule has 0 saturated heterocycles. The number of unbranched alkanes of at least 4 members (excludes halogenated alkanes) is 4. The first kappa shape index (κ1) is 18.7. The normalized spacial score (nSPS) is 11.0. The average molecular weight is 286 g/mol. The quantitative estimate of drug-likeness (QED) is 0.452. The van der Waals surface area contributed by atoms with Gasteiger partial charge in [-0.3, -0.25) is 9.59 Å². The van der Waals surface area contributed by atoms with Gasteiger partial charge >= 0.3 is 0 Å². The molecule has 0 spiro atoms. The van der Waals surface area contributed by atoms with Crippen LogP contribution < -0.4 is 10.6 Å². The Morgan fingerprint density at radius 3 is 2.20 bits per heavy atom. The van der Waals surface area contributed by atoms with Crippen LogP contribution in [0.1, 0.15) is 62.1 Å². The molecule has 0 unspecified atom stereocenters. The maximum Gasteiger partial charge on any atom is 0.243 e. The number of hydrogen-bond acceptors (Lipinski definition) is 2. The highest BCUT2D eigenvalue weighted by atomic mass is 16.2. The van der Waals surface area contributed by atoms with E-state index in [2.05, 4.69) is 17.6 Å². The van der Waals surface area contributed by atoms with Crippen molar-refractivity contribution in [1.29, 1.82) is 0 Å². The SMILES string of the molecule is CCC/C=C/C(=O)NCCCCCCNC(=O)C(C)C.[HH].[HH]. The van der Waals surface area contributed by atoms with Crippen LogP contribution in [-0.2, 0) is 9.59 Å². The molecule has 0 bridgehead atoms. The van der Waals surface area contributed by atoms with Crippen molar-refractivity contribution in [2.24, 2.45) is 5.92 Å². The zero-order valence-corrected chi connectivity index (χ0v) is 13.2. The van der Waals surface area contributed by atoms with Crippen LogP contribution >= 0.6 is 0 Å². The number of hydrogen-bond donors (Lipinski definition) is 2. The van der Waals surface area contributed by atoms with Crippen LogP contribution in [0, 0.1) is 5.92 Å². The van der Waals surface area contributed by atoms with Gasteiger partial charge in [-0.05, 0) is 25.3 Å². The lowest BCUT2D eigenvalue weighted by atomic mass is 10.1. The van der Waals surface area contributed by atoms with Crippen molar-refractivity contribution in [2.75, 3.05) is 13.1 Å². The van der Waals surface area contributed by atoms with Gasteiger partial charge in [0, 0.05) is 21.9 Å². The highest BCUT2D eigenvalue weighted by Gasteiger charge is 2.04. The fraction of sp³-hybridized carbons (Fsp3) is 0.750. The van der Waals surface area contributed by atoms with Crippen molar-refractivity contribution in [3.05, 3.63) is 12.2 Å². The monoisotopic (exact) mass is 286 g/mol. The van der Waals surface area contributed by atoms with Crippen molar-refractivity contribution >= 4 is 11.8 Å². The summed E-state index contributed by atoms with van der Waals surface area (Å²) in [7, 11) is 0. The van der Waals surface area contributed by atoms with E-state index in [9.17, 15) is 9.59 Å². The summed E-state index contributed by atoms with van der Waals surface area (Å²) in [6.07, 6.45) is 9.70. The molecular formula is C16H34N2O2. The third-order valence-corrected chi connectivity index (χ3v) is 2.95.